The normalized spacial score (nSPS) is 20.9. The molecule has 1 aromatic carbocycles. The van der Waals surface area contributed by atoms with Crippen LogP contribution in [0.1, 0.15) is 59.4 Å². The minimum atomic E-state index is -0.549. The molecule has 0 radical (unpaired) electrons. The van der Waals surface area contributed by atoms with Crippen molar-refractivity contribution in [2.75, 3.05) is 38.2 Å². The quantitative estimate of drug-likeness (QED) is 0.512. The smallest absolute Gasteiger partial charge is 0.258 e. The summed E-state index contributed by atoms with van der Waals surface area (Å²) in [5.41, 5.74) is 2.53. The molecule has 3 aromatic rings. The molecule has 37 heavy (non-hydrogen) atoms. The molecule has 1 N–H and O–H groups in total. The molecule has 4 heterocycles. The van der Waals surface area contributed by atoms with Crippen LogP contribution in [0.2, 0.25) is 0 Å². The van der Waals surface area contributed by atoms with Crippen LogP contribution in [-0.4, -0.2) is 64.6 Å². The highest BCUT2D eigenvalue weighted by Crippen LogP contribution is 2.37. The van der Waals surface area contributed by atoms with E-state index in [1.165, 1.54) is 18.6 Å². The molecule has 2 aromatic heterocycles. The number of nitrogens with one attached hydrogen (secondary N) is 1. The van der Waals surface area contributed by atoms with Crippen molar-refractivity contribution in [2.24, 2.45) is 0 Å². The molecular formula is C27H29FN6O3. The zero-order chi connectivity index (χ0) is 25.5. The molecule has 2 bridgehead atoms. The minimum absolute atomic E-state index is 0.0785. The van der Waals surface area contributed by atoms with E-state index < -0.39 is 11.9 Å². The van der Waals surface area contributed by atoms with Crippen LogP contribution in [-0.2, 0) is 4.79 Å². The van der Waals surface area contributed by atoms with E-state index in [-0.39, 0.29) is 29.7 Å². The molecule has 1 atom stereocenters. The van der Waals surface area contributed by atoms with Gasteiger partial charge in [0.2, 0.25) is 0 Å². The fourth-order valence-corrected chi connectivity index (χ4v) is 5.11. The number of rotatable bonds is 1. The third-order valence-corrected chi connectivity index (χ3v) is 7.42. The van der Waals surface area contributed by atoms with Crippen LogP contribution in [0, 0.1) is 5.82 Å². The van der Waals surface area contributed by atoms with E-state index in [9.17, 15) is 14.0 Å². The number of hydrogen-bond donors (Lipinski definition) is 1. The van der Waals surface area contributed by atoms with Crippen LogP contribution in [0.5, 0.6) is 5.75 Å². The summed E-state index contributed by atoms with van der Waals surface area (Å²) in [7, 11) is 1.97. The average Bonchev–Trinajstić information content (AvgIpc) is 3.29. The van der Waals surface area contributed by atoms with Gasteiger partial charge in [0, 0.05) is 50.4 Å². The van der Waals surface area contributed by atoms with E-state index in [4.69, 9.17) is 14.8 Å². The third kappa shape index (κ3) is 4.41. The van der Waals surface area contributed by atoms with Crippen molar-refractivity contribution in [3.63, 3.8) is 0 Å². The standard InChI is InChI=1S/C27H29FN6O3/c1-32-12-10-29-25(35)16-37-23-9-8-18(28)13-19(23)27(36)33-11-3-2-7-22(33)21-14-24-30-20(17-5-4-6-17)15-26(32)34(24)31-21/h2,7-9,13-15,17,22H,3-6,10-12,16H2,1H3,(H,29,35)/t22-/m0/s1. The second-order valence-corrected chi connectivity index (χ2v) is 9.87. The first-order valence-electron chi connectivity index (χ1n) is 12.8. The van der Waals surface area contributed by atoms with E-state index in [2.05, 4.69) is 16.3 Å². The van der Waals surface area contributed by atoms with Gasteiger partial charge in [-0.05, 0) is 37.5 Å². The molecular weight excluding hydrogens is 475 g/mol. The number of nitrogens with zero attached hydrogens (tertiary/aromatic N) is 5. The van der Waals surface area contributed by atoms with Crippen molar-refractivity contribution in [1.82, 2.24) is 24.8 Å². The van der Waals surface area contributed by atoms with Crippen molar-refractivity contribution in [2.45, 2.75) is 37.6 Å². The Labute approximate surface area is 213 Å². The van der Waals surface area contributed by atoms with Crippen molar-refractivity contribution < 1.29 is 18.7 Å². The topological polar surface area (TPSA) is 92.1 Å². The van der Waals surface area contributed by atoms with Gasteiger partial charge in [0.15, 0.2) is 12.3 Å². The summed E-state index contributed by atoms with van der Waals surface area (Å²) >= 11 is 0. The van der Waals surface area contributed by atoms with Crippen LogP contribution in [0.4, 0.5) is 10.2 Å². The molecule has 6 rings (SSSR count). The summed E-state index contributed by atoms with van der Waals surface area (Å²) < 4.78 is 21.7. The molecule has 1 saturated carbocycles. The molecule has 2 amide bonds. The molecule has 3 aliphatic rings. The zero-order valence-corrected chi connectivity index (χ0v) is 20.7. The molecule has 192 valence electrons. The molecule has 2 aliphatic heterocycles. The number of hydrogen-bond acceptors (Lipinski definition) is 6. The predicted molar refractivity (Wildman–Crippen MR) is 135 cm³/mol. The monoisotopic (exact) mass is 504 g/mol. The van der Waals surface area contributed by atoms with Crippen LogP contribution < -0.4 is 15.0 Å². The Balaban J connectivity index is 1.48. The molecule has 10 heteroatoms. The Hall–Kier alpha value is -3.95. The fraction of sp³-hybridized carbons (Fsp3) is 0.407. The fourth-order valence-electron chi connectivity index (χ4n) is 5.11. The molecule has 0 spiro atoms. The average molecular weight is 505 g/mol. The lowest BCUT2D eigenvalue weighted by Gasteiger charge is -2.32. The Morgan fingerprint density at radius 3 is 2.78 bits per heavy atom. The van der Waals surface area contributed by atoms with Crippen molar-refractivity contribution in [3.8, 4) is 5.75 Å². The van der Waals surface area contributed by atoms with E-state index in [0.29, 0.717) is 37.7 Å². The molecule has 1 aliphatic carbocycles. The summed E-state index contributed by atoms with van der Waals surface area (Å²) in [5, 5.41) is 7.76. The molecule has 0 unspecified atom stereocenters. The van der Waals surface area contributed by atoms with Crippen LogP contribution in [0.25, 0.3) is 5.65 Å². The van der Waals surface area contributed by atoms with E-state index >= 15 is 0 Å². The van der Waals surface area contributed by atoms with E-state index in [1.54, 1.807) is 4.90 Å². The molecule has 9 nitrogen and oxygen atoms in total. The lowest BCUT2D eigenvalue weighted by atomic mass is 9.83. The van der Waals surface area contributed by atoms with Crippen LogP contribution in [0.3, 0.4) is 0 Å². The first-order valence-corrected chi connectivity index (χ1v) is 12.8. The highest BCUT2D eigenvalue weighted by atomic mass is 19.1. The number of carbonyl (C=O) groups is 2. The summed E-state index contributed by atoms with van der Waals surface area (Å²) in [6.45, 7) is 1.12. The maximum Gasteiger partial charge on any atom is 0.258 e. The Kier molecular flexibility index (Phi) is 6.02. The van der Waals surface area contributed by atoms with Gasteiger partial charge < -0.3 is 19.9 Å². The van der Waals surface area contributed by atoms with Gasteiger partial charge in [-0.25, -0.2) is 9.37 Å². The number of halogens is 1. The van der Waals surface area contributed by atoms with Gasteiger partial charge in [-0.15, -0.1) is 0 Å². The Morgan fingerprint density at radius 1 is 1.11 bits per heavy atom. The number of likely N-dealkylation sites (N-methyl/N-ethyl adjacent to an activating group) is 1. The predicted octanol–water partition coefficient (Wildman–Crippen LogP) is 3.22. The van der Waals surface area contributed by atoms with Gasteiger partial charge in [0.1, 0.15) is 17.4 Å². The number of fused-ring (bicyclic) bond motifs is 4. The van der Waals surface area contributed by atoms with Gasteiger partial charge in [-0.1, -0.05) is 18.6 Å². The van der Waals surface area contributed by atoms with Crippen LogP contribution >= 0.6 is 0 Å². The number of aromatic nitrogens is 3. The van der Waals surface area contributed by atoms with Gasteiger partial charge >= 0.3 is 0 Å². The molecule has 1 fully saturated rings. The number of benzene rings is 1. The van der Waals surface area contributed by atoms with Gasteiger partial charge in [0.25, 0.3) is 11.8 Å². The zero-order valence-electron chi connectivity index (χ0n) is 20.7. The van der Waals surface area contributed by atoms with Gasteiger partial charge in [0.05, 0.1) is 17.3 Å². The molecule has 0 saturated heterocycles. The van der Waals surface area contributed by atoms with Crippen LogP contribution in [0.15, 0.2) is 42.5 Å². The number of ether oxygens (including phenoxy) is 1. The van der Waals surface area contributed by atoms with E-state index in [1.807, 2.05) is 29.8 Å². The lowest BCUT2D eigenvalue weighted by molar-refractivity contribution is -0.123. The maximum absolute atomic E-state index is 14.2. The van der Waals surface area contributed by atoms with E-state index in [0.717, 1.165) is 36.1 Å². The Bertz CT molecular complexity index is 1400. The third-order valence-electron chi connectivity index (χ3n) is 7.42. The lowest BCUT2D eigenvalue weighted by Crippen LogP contribution is -2.38. The Morgan fingerprint density at radius 2 is 1.97 bits per heavy atom. The second-order valence-electron chi connectivity index (χ2n) is 9.87. The summed E-state index contributed by atoms with van der Waals surface area (Å²) in [4.78, 5) is 34.9. The number of amides is 2. The summed E-state index contributed by atoms with van der Waals surface area (Å²) in [6.07, 6.45) is 8.09. The van der Waals surface area contributed by atoms with Gasteiger partial charge in [-0.2, -0.15) is 9.61 Å². The van der Waals surface area contributed by atoms with Crippen molar-refractivity contribution in [3.05, 3.63) is 65.3 Å². The number of anilines is 1. The van der Waals surface area contributed by atoms with Crippen molar-refractivity contribution in [1.29, 1.82) is 0 Å². The number of carbonyl (C=O) groups excluding carboxylic acids is 2. The summed E-state index contributed by atoms with van der Waals surface area (Å²) in [5.74, 6) is 0.226. The first kappa shape index (κ1) is 23.4. The van der Waals surface area contributed by atoms with Gasteiger partial charge in [-0.3, -0.25) is 9.59 Å². The highest BCUT2D eigenvalue weighted by molar-refractivity contribution is 5.97. The second kappa shape index (κ2) is 9.49. The highest BCUT2D eigenvalue weighted by Gasteiger charge is 2.31. The first-order chi connectivity index (χ1) is 18.0. The van der Waals surface area contributed by atoms with Crippen molar-refractivity contribution >= 4 is 23.3 Å². The summed E-state index contributed by atoms with van der Waals surface area (Å²) in [6, 6.07) is 7.35. The largest absolute Gasteiger partial charge is 0.483 e. The maximum atomic E-state index is 14.2. The SMILES string of the molecule is CN1CCNC(=O)COc2ccc(F)cc2C(=O)N2CCC=C[C@H]2c2cc3nc(C4CCC4)cc1n3n2. The minimum Gasteiger partial charge on any atom is -0.483 e.